The third-order valence-electron chi connectivity index (χ3n) is 4.82. The molecule has 2 heterocycles. The molecule has 5 nitrogen and oxygen atoms in total. The third-order valence-corrected chi connectivity index (χ3v) is 4.82. The maximum Gasteiger partial charge on any atom is 0.242 e. The Kier molecular flexibility index (Phi) is 5.30. The highest BCUT2D eigenvalue weighted by molar-refractivity contribution is 5.93. The fourth-order valence-electron chi connectivity index (χ4n) is 3.31. The Bertz CT molecular complexity index is 660. The number of benzene rings is 1. The number of nitrogens with zero attached hydrogens (tertiary/aromatic N) is 2. The van der Waals surface area contributed by atoms with Gasteiger partial charge in [0, 0.05) is 6.07 Å². The number of nitrogens with one attached hydrogen (secondary N) is 1. The molecule has 1 aromatic carbocycles. The van der Waals surface area contributed by atoms with E-state index in [1.807, 2.05) is 13.8 Å². The number of piperidine rings is 1. The highest BCUT2D eigenvalue weighted by Crippen LogP contribution is 2.23. The Labute approximate surface area is 143 Å². The van der Waals surface area contributed by atoms with Crippen molar-refractivity contribution in [2.24, 2.45) is 5.92 Å². The van der Waals surface area contributed by atoms with Crippen molar-refractivity contribution >= 4 is 11.7 Å². The van der Waals surface area contributed by atoms with Gasteiger partial charge in [-0.3, -0.25) is 9.69 Å². The van der Waals surface area contributed by atoms with Gasteiger partial charge in [-0.15, -0.1) is 0 Å². The number of aromatic nitrogens is 1. The van der Waals surface area contributed by atoms with Gasteiger partial charge in [-0.25, -0.2) is 0 Å². The minimum absolute atomic E-state index is 0.0233. The van der Waals surface area contributed by atoms with Crippen LogP contribution in [0.1, 0.15) is 31.1 Å². The van der Waals surface area contributed by atoms with Gasteiger partial charge in [0.25, 0.3) is 0 Å². The number of aryl methyl sites for hydroxylation is 1. The molecule has 1 aromatic heterocycles. The van der Waals surface area contributed by atoms with Crippen LogP contribution in [0.2, 0.25) is 0 Å². The van der Waals surface area contributed by atoms with Crippen LogP contribution in [0.3, 0.4) is 0 Å². The number of anilines is 1. The van der Waals surface area contributed by atoms with Crippen molar-refractivity contribution in [3.05, 3.63) is 47.7 Å². The quantitative estimate of drug-likeness (QED) is 0.916. The first-order chi connectivity index (χ1) is 11.6. The lowest BCUT2D eigenvalue weighted by Gasteiger charge is -2.35. The molecule has 1 fully saturated rings. The molecule has 1 aliphatic rings. The molecule has 0 saturated carbocycles. The fraction of sp³-hybridized carbons (Fsp3) is 0.474. The summed E-state index contributed by atoms with van der Waals surface area (Å²) in [4.78, 5) is 14.6. The largest absolute Gasteiger partial charge is 0.360 e. The molecular weight excluding hydrogens is 302 g/mol. The van der Waals surface area contributed by atoms with Crippen molar-refractivity contribution in [1.29, 1.82) is 0 Å². The van der Waals surface area contributed by atoms with E-state index < -0.39 is 0 Å². The molecule has 0 radical (unpaired) electrons. The topological polar surface area (TPSA) is 58.4 Å². The molecule has 1 atom stereocenters. The lowest BCUT2D eigenvalue weighted by atomic mass is 9.89. The highest BCUT2D eigenvalue weighted by Gasteiger charge is 2.27. The SMILES string of the molecule is Cc1cc(NC(=O)[C@H](C)N2CCC(Cc3ccccc3)CC2)no1. The molecule has 1 amide bonds. The summed E-state index contributed by atoms with van der Waals surface area (Å²) in [7, 11) is 0. The maximum atomic E-state index is 12.4. The highest BCUT2D eigenvalue weighted by atomic mass is 16.5. The van der Waals surface area contributed by atoms with E-state index in [0.717, 1.165) is 32.4 Å². The maximum absolute atomic E-state index is 12.4. The van der Waals surface area contributed by atoms with E-state index in [4.69, 9.17) is 4.52 Å². The van der Waals surface area contributed by atoms with Crippen molar-refractivity contribution in [3.8, 4) is 0 Å². The number of rotatable bonds is 5. The molecule has 0 spiro atoms. The molecule has 1 saturated heterocycles. The molecule has 3 rings (SSSR count). The first-order valence-electron chi connectivity index (χ1n) is 8.64. The summed E-state index contributed by atoms with van der Waals surface area (Å²) < 4.78 is 4.98. The van der Waals surface area contributed by atoms with Gasteiger partial charge in [-0.1, -0.05) is 35.5 Å². The minimum Gasteiger partial charge on any atom is -0.360 e. The van der Waals surface area contributed by atoms with Crippen LogP contribution in [-0.2, 0) is 11.2 Å². The van der Waals surface area contributed by atoms with Crippen LogP contribution in [0.15, 0.2) is 40.9 Å². The van der Waals surface area contributed by atoms with Gasteiger partial charge in [0.2, 0.25) is 5.91 Å². The number of carbonyl (C=O) groups is 1. The zero-order valence-electron chi connectivity index (χ0n) is 14.4. The van der Waals surface area contributed by atoms with E-state index in [1.165, 1.54) is 5.56 Å². The van der Waals surface area contributed by atoms with Gasteiger partial charge in [0.1, 0.15) is 5.76 Å². The fourth-order valence-corrected chi connectivity index (χ4v) is 3.31. The summed E-state index contributed by atoms with van der Waals surface area (Å²) in [5.74, 6) is 1.87. The molecule has 2 aromatic rings. The standard InChI is InChI=1S/C19H25N3O2/c1-14-12-18(21-24-14)20-19(23)15(2)22-10-8-17(9-11-22)13-16-6-4-3-5-7-16/h3-7,12,15,17H,8-11,13H2,1-2H3,(H,20,21,23)/t15-/m0/s1. The first kappa shape index (κ1) is 16.7. The normalized spacial score (nSPS) is 17.6. The minimum atomic E-state index is -0.153. The van der Waals surface area contributed by atoms with E-state index in [1.54, 1.807) is 6.07 Å². The summed E-state index contributed by atoms with van der Waals surface area (Å²) >= 11 is 0. The molecule has 0 aliphatic carbocycles. The van der Waals surface area contributed by atoms with Gasteiger partial charge in [-0.05, 0) is 57.7 Å². The summed E-state index contributed by atoms with van der Waals surface area (Å²) in [6.07, 6.45) is 3.40. The van der Waals surface area contributed by atoms with Crippen molar-refractivity contribution in [2.75, 3.05) is 18.4 Å². The van der Waals surface area contributed by atoms with E-state index in [2.05, 4.69) is 45.7 Å². The van der Waals surface area contributed by atoms with E-state index in [-0.39, 0.29) is 11.9 Å². The molecule has 0 unspecified atom stereocenters. The van der Waals surface area contributed by atoms with E-state index in [9.17, 15) is 4.79 Å². The van der Waals surface area contributed by atoms with Gasteiger partial charge in [0.15, 0.2) is 5.82 Å². The van der Waals surface area contributed by atoms with Crippen molar-refractivity contribution in [2.45, 2.75) is 39.2 Å². The van der Waals surface area contributed by atoms with Gasteiger partial charge < -0.3 is 9.84 Å². The summed E-state index contributed by atoms with van der Waals surface area (Å²) in [5, 5.41) is 6.64. The predicted octanol–water partition coefficient (Wildman–Crippen LogP) is 3.26. The van der Waals surface area contributed by atoms with E-state index >= 15 is 0 Å². The monoisotopic (exact) mass is 327 g/mol. The Morgan fingerprint density at radius 1 is 1.33 bits per heavy atom. The second-order valence-corrected chi connectivity index (χ2v) is 6.66. The molecule has 24 heavy (non-hydrogen) atoms. The van der Waals surface area contributed by atoms with Crippen LogP contribution < -0.4 is 5.32 Å². The predicted molar refractivity (Wildman–Crippen MR) is 93.8 cm³/mol. The van der Waals surface area contributed by atoms with Crippen LogP contribution in [0.5, 0.6) is 0 Å². The van der Waals surface area contributed by atoms with Crippen LogP contribution in [-0.4, -0.2) is 35.1 Å². The van der Waals surface area contributed by atoms with E-state index in [0.29, 0.717) is 17.5 Å². The summed E-state index contributed by atoms with van der Waals surface area (Å²) in [5.41, 5.74) is 1.41. The zero-order valence-corrected chi connectivity index (χ0v) is 14.4. The number of hydrogen-bond donors (Lipinski definition) is 1. The molecule has 1 N–H and O–H groups in total. The molecule has 1 aliphatic heterocycles. The Hall–Kier alpha value is -2.14. The summed E-state index contributed by atoms with van der Waals surface area (Å²) in [6.45, 7) is 5.69. The molecule has 5 heteroatoms. The second kappa shape index (κ2) is 7.62. The number of hydrogen-bond acceptors (Lipinski definition) is 4. The zero-order chi connectivity index (χ0) is 16.9. The van der Waals surface area contributed by atoms with Crippen LogP contribution in [0, 0.1) is 12.8 Å². The lowest BCUT2D eigenvalue weighted by Crippen LogP contribution is -2.46. The lowest BCUT2D eigenvalue weighted by molar-refractivity contribution is -0.121. The van der Waals surface area contributed by atoms with Gasteiger partial charge >= 0.3 is 0 Å². The van der Waals surface area contributed by atoms with Crippen LogP contribution >= 0.6 is 0 Å². The van der Waals surface area contributed by atoms with Crippen molar-refractivity contribution in [3.63, 3.8) is 0 Å². The van der Waals surface area contributed by atoms with Crippen LogP contribution in [0.25, 0.3) is 0 Å². The molecular formula is C19H25N3O2. The average molecular weight is 327 g/mol. The average Bonchev–Trinajstić information content (AvgIpc) is 3.00. The summed E-state index contributed by atoms with van der Waals surface area (Å²) in [6, 6.07) is 12.2. The Morgan fingerprint density at radius 2 is 2.04 bits per heavy atom. The smallest absolute Gasteiger partial charge is 0.242 e. The third kappa shape index (κ3) is 4.23. The number of amides is 1. The molecule has 128 valence electrons. The second-order valence-electron chi connectivity index (χ2n) is 6.66. The Balaban J connectivity index is 1.47. The molecule has 0 bridgehead atoms. The van der Waals surface area contributed by atoms with Gasteiger partial charge in [0.05, 0.1) is 6.04 Å². The van der Waals surface area contributed by atoms with Crippen molar-refractivity contribution in [1.82, 2.24) is 10.1 Å². The first-order valence-corrected chi connectivity index (χ1v) is 8.64. The van der Waals surface area contributed by atoms with Crippen LogP contribution in [0.4, 0.5) is 5.82 Å². The van der Waals surface area contributed by atoms with Crippen molar-refractivity contribution < 1.29 is 9.32 Å². The Morgan fingerprint density at radius 3 is 2.67 bits per heavy atom. The van der Waals surface area contributed by atoms with Gasteiger partial charge in [-0.2, -0.15) is 0 Å². The number of likely N-dealkylation sites (tertiary alicyclic amines) is 1. The number of carbonyl (C=O) groups excluding carboxylic acids is 1.